The Kier molecular flexibility index (Phi) is 8.58. The standard InChI is InChI=1S/C12H25N3O/c1-4-7-10(11(16)5-2)8-6-9-15-12(13)14-3/h10H,4-9H2,1-3H3,(H3,13,14,15). The van der Waals surface area contributed by atoms with Crippen LogP contribution in [0.5, 0.6) is 0 Å². The number of rotatable bonds is 8. The first-order chi connectivity index (χ1) is 7.65. The Hall–Kier alpha value is -1.06. The van der Waals surface area contributed by atoms with E-state index in [9.17, 15) is 4.79 Å². The molecule has 0 amide bonds. The molecule has 0 rings (SSSR count). The fourth-order valence-electron chi connectivity index (χ4n) is 1.75. The molecule has 0 aliphatic heterocycles. The SMILES string of the molecule is CCCC(CCCNC(N)=NC)C(=O)CC. The van der Waals surface area contributed by atoms with Crippen molar-refractivity contribution in [2.45, 2.75) is 46.0 Å². The molecule has 0 spiro atoms. The number of hydrogen-bond acceptors (Lipinski definition) is 2. The molecule has 0 saturated carbocycles. The fraction of sp³-hybridized carbons (Fsp3) is 0.833. The van der Waals surface area contributed by atoms with E-state index in [-0.39, 0.29) is 5.92 Å². The average Bonchev–Trinajstić information content (AvgIpc) is 2.31. The van der Waals surface area contributed by atoms with Crippen LogP contribution in [0.4, 0.5) is 0 Å². The largest absolute Gasteiger partial charge is 0.370 e. The van der Waals surface area contributed by atoms with Crippen LogP contribution in [-0.2, 0) is 4.79 Å². The van der Waals surface area contributed by atoms with Gasteiger partial charge in [0, 0.05) is 25.9 Å². The Morgan fingerprint density at radius 3 is 2.56 bits per heavy atom. The molecule has 0 aromatic carbocycles. The predicted molar refractivity (Wildman–Crippen MR) is 68.5 cm³/mol. The molecule has 0 radical (unpaired) electrons. The number of hydrogen-bond donors (Lipinski definition) is 2. The van der Waals surface area contributed by atoms with Crippen LogP contribution in [0.1, 0.15) is 46.0 Å². The molecule has 4 nitrogen and oxygen atoms in total. The van der Waals surface area contributed by atoms with Crippen LogP contribution in [0.3, 0.4) is 0 Å². The molecule has 0 aliphatic rings. The summed E-state index contributed by atoms with van der Waals surface area (Å²) in [7, 11) is 1.66. The Morgan fingerprint density at radius 2 is 2.06 bits per heavy atom. The summed E-state index contributed by atoms with van der Waals surface area (Å²) in [6.45, 7) is 4.85. The van der Waals surface area contributed by atoms with E-state index in [0.717, 1.165) is 32.2 Å². The van der Waals surface area contributed by atoms with Gasteiger partial charge in [-0.1, -0.05) is 20.3 Å². The summed E-state index contributed by atoms with van der Waals surface area (Å²) >= 11 is 0. The highest BCUT2D eigenvalue weighted by Crippen LogP contribution is 2.15. The zero-order valence-corrected chi connectivity index (χ0v) is 10.8. The molecule has 0 aromatic heterocycles. The third-order valence-electron chi connectivity index (χ3n) is 2.72. The lowest BCUT2D eigenvalue weighted by molar-refractivity contribution is -0.123. The smallest absolute Gasteiger partial charge is 0.188 e. The summed E-state index contributed by atoms with van der Waals surface area (Å²) in [6, 6.07) is 0. The first-order valence-corrected chi connectivity index (χ1v) is 6.14. The summed E-state index contributed by atoms with van der Waals surface area (Å²) in [5, 5.41) is 3.00. The molecule has 16 heavy (non-hydrogen) atoms. The molecular weight excluding hydrogens is 202 g/mol. The van der Waals surface area contributed by atoms with E-state index in [2.05, 4.69) is 17.2 Å². The Labute approximate surface area is 98.7 Å². The van der Waals surface area contributed by atoms with E-state index in [1.807, 2.05) is 6.92 Å². The van der Waals surface area contributed by atoms with Crippen molar-refractivity contribution in [3.63, 3.8) is 0 Å². The van der Waals surface area contributed by atoms with Gasteiger partial charge in [-0.3, -0.25) is 9.79 Å². The first-order valence-electron chi connectivity index (χ1n) is 6.14. The zero-order chi connectivity index (χ0) is 12.4. The normalized spacial score (nSPS) is 13.6. The van der Waals surface area contributed by atoms with Crippen molar-refractivity contribution < 1.29 is 4.79 Å². The number of guanidine groups is 1. The topological polar surface area (TPSA) is 67.5 Å². The lowest BCUT2D eigenvalue weighted by atomic mass is 9.92. The van der Waals surface area contributed by atoms with E-state index in [1.54, 1.807) is 7.05 Å². The minimum absolute atomic E-state index is 0.233. The third-order valence-corrected chi connectivity index (χ3v) is 2.72. The van der Waals surface area contributed by atoms with Crippen LogP contribution >= 0.6 is 0 Å². The van der Waals surface area contributed by atoms with Crippen LogP contribution in [0.2, 0.25) is 0 Å². The summed E-state index contributed by atoms with van der Waals surface area (Å²) < 4.78 is 0. The van der Waals surface area contributed by atoms with Gasteiger partial charge in [0.05, 0.1) is 0 Å². The van der Waals surface area contributed by atoms with Crippen molar-refractivity contribution in [2.24, 2.45) is 16.6 Å². The molecule has 94 valence electrons. The monoisotopic (exact) mass is 227 g/mol. The van der Waals surface area contributed by atoms with Crippen molar-refractivity contribution in [3.8, 4) is 0 Å². The van der Waals surface area contributed by atoms with Gasteiger partial charge in [0.1, 0.15) is 5.78 Å². The summed E-state index contributed by atoms with van der Waals surface area (Å²) in [6.07, 6.45) is 4.64. The van der Waals surface area contributed by atoms with Gasteiger partial charge in [-0.2, -0.15) is 0 Å². The van der Waals surface area contributed by atoms with Crippen LogP contribution in [0.25, 0.3) is 0 Å². The third kappa shape index (κ3) is 6.43. The second-order valence-corrected chi connectivity index (χ2v) is 3.98. The van der Waals surface area contributed by atoms with Crippen LogP contribution in [0.15, 0.2) is 4.99 Å². The second-order valence-electron chi connectivity index (χ2n) is 3.98. The first kappa shape index (κ1) is 14.9. The number of nitrogens with two attached hydrogens (primary N) is 1. The van der Waals surface area contributed by atoms with Gasteiger partial charge in [0.2, 0.25) is 0 Å². The molecule has 1 unspecified atom stereocenters. The molecule has 0 heterocycles. The molecule has 0 fully saturated rings. The maximum Gasteiger partial charge on any atom is 0.188 e. The van der Waals surface area contributed by atoms with E-state index in [0.29, 0.717) is 18.2 Å². The van der Waals surface area contributed by atoms with Gasteiger partial charge in [0.15, 0.2) is 5.96 Å². The zero-order valence-electron chi connectivity index (χ0n) is 10.8. The Balaban J connectivity index is 3.80. The van der Waals surface area contributed by atoms with Gasteiger partial charge in [-0.25, -0.2) is 0 Å². The minimum Gasteiger partial charge on any atom is -0.370 e. The van der Waals surface area contributed by atoms with Crippen LogP contribution in [0, 0.1) is 5.92 Å². The Morgan fingerprint density at radius 1 is 1.38 bits per heavy atom. The molecule has 3 N–H and O–H groups in total. The molecule has 0 bridgehead atoms. The van der Waals surface area contributed by atoms with E-state index < -0.39 is 0 Å². The lowest BCUT2D eigenvalue weighted by Gasteiger charge is -2.14. The van der Waals surface area contributed by atoms with Crippen molar-refractivity contribution in [1.82, 2.24) is 5.32 Å². The van der Waals surface area contributed by atoms with E-state index in [4.69, 9.17) is 5.73 Å². The Bertz CT molecular complexity index is 226. The summed E-state index contributed by atoms with van der Waals surface area (Å²) in [5.74, 6) is 1.09. The van der Waals surface area contributed by atoms with Crippen LogP contribution < -0.4 is 11.1 Å². The number of carbonyl (C=O) groups is 1. The summed E-state index contributed by atoms with van der Waals surface area (Å²) in [4.78, 5) is 15.4. The maximum absolute atomic E-state index is 11.6. The van der Waals surface area contributed by atoms with Crippen LogP contribution in [-0.4, -0.2) is 25.3 Å². The molecular formula is C12H25N3O. The van der Waals surface area contributed by atoms with Gasteiger partial charge >= 0.3 is 0 Å². The van der Waals surface area contributed by atoms with E-state index in [1.165, 1.54) is 0 Å². The number of Topliss-reactive ketones (excluding diaryl/α,β-unsaturated/α-hetero) is 1. The molecule has 0 saturated heterocycles. The minimum atomic E-state index is 0.233. The van der Waals surface area contributed by atoms with Gasteiger partial charge in [0.25, 0.3) is 0 Å². The highest BCUT2D eigenvalue weighted by atomic mass is 16.1. The number of ketones is 1. The quantitative estimate of drug-likeness (QED) is 0.377. The molecule has 1 atom stereocenters. The number of nitrogens with zero attached hydrogens (tertiary/aromatic N) is 1. The highest BCUT2D eigenvalue weighted by Gasteiger charge is 2.14. The van der Waals surface area contributed by atoms with E-state index >= 15 is 0 Å². The van der Waals surface area contributed by atoms with Crippen molar-refractivity contribution in [1.29, 1.82) is 0 Å². The number of carbonyl (C=O) groups excluding carboxylic acids is 1. The van der Waals surface area contributed by atoms with Crippen molar-refractivity contribution in [2.75, 3.05) is 13.6 Å². The number of nitrogens with one attached hydrogen (secondary N) is 1. The lowest BCUT2D eigenvalue weighted by Crippen LogP contribution is -2.32. The maximum atomic E-state index is 11.6. The molecule has 0 aliphatic carbocycles. The average molecular weight is 227 g/mol. The molecule has 0 aromatic rings. The summed E-state index contributed by atoms with van der Waals surface area (Å²) in [5.41, 5.74) is 5.51. The van der Waals surface area contributed by atoms with Crippen molar-refractivity contribution >= 4 is 11.7 Å². The molecule has 4 heteroatoms. The van der Waals surface area contributed by atoms with Crippen molar-refractivity contribution in [3.05, 3.63) is 0 Å². The van der Waals surface area contributed by atoms with Gasteiger partial charge < -0.3 is 11.1 Å². The van der Waals surface area contributed by atoms with Gasteiger partial charge in [-0.05, 0) is 19.3 Å². The fourth-order valence-corrected chi connectivity index (χ4v) is 1.75. The second kappa shape index (κ2) is 9.19. The predicted octanol–water partition coefficient (Wildman–Crippen LogP) is 1.70. The van der Waals surface area contributed by atoms with Gasteiger partial charge in [-0.15, -0.1) is 0 Å². The highest BCUT2D eigenvalue weighted by molar-refractivity contribution is 5.80. The number of aliphatic imine (C=N–C) groups is 1.